The van der Waals surface area contributed by atoms with E-state index in [1.54, 1.807) is 13.8 Å². The van der Waals surface area contributed by atoms with E-state index in [2.05, 4.69) is 5.43 Å². The van der Waals surface area contributed by atoms with Crippen LogP contribution >= 0.6 is 11.3 Å². The fraction of sp³-hybridized carbons (Fsp3) is 0.571. The van der Waals surface area contributed by atoms with Crippen molar-refractivity contribution in [3.05, 3.63) is 22.4 Å². The summed E-state index contributed by atoms with van der Waals surface area (Å²) in [4.78, 5) is 24.8. The number of hydrazine groups is 1. The zero-order chi connectivity index (χ0) is 15.7. The molecule has 0 aliphatic carbocycles. The summed E-state index contributed by atoms with van der Waals surface area (Å²) in [5, 5.41) is 3.16. The van der Waals surface area contributed by atoms with Gasteiger partial charge in [0.15, 0.2) is 0 Å². The number of ether oxygens (including phenoxy) is 2. The molecule has 0 bridgehead atoms. The van der Waals surface area contributed by atoms with Gasteiger partial charge in [0.05, 0.1) is 19.3 Å². The fourth-order valence-electron chi connectivity index (χ4n) is 1.86. The first-order valence-electron chi connectivity index (χ1n) is 7.06. The molecule has 1 rings (SSSR count). The summed E-state index contributed by atoms with van der Waals surface area (Å²) in [6.45, 7) is 5.93. The van der Waals surface area contributed by atoms with Crippen LogP contribution in [0.3, 0.4) is 0 Å². The molecule has 1 heterocycles. The first kappa shape index (κ1) is 17.3. The molecule has 1 atom stereocenters. The molecule has 0 saturated carbocycles. The van der Waals surface area contributed by atoms with Crippen molar-refractivity contribution in [3.8, 4) is 0 Å². The zero-order valence-electron chi connectivity index (χ0n) is 12.6. The van der Waals surface area contributed by atoms with Crippen molar-refractivity contribution in [1.82, 2.24) is 10.4 Å². The van der Waals surface area contributed by atoms with Crippen molar-refractivity contribution < 1.29 is 19.1 Å². The third-order valence-corrected chi connectivity index (χ3v) is 3.67. The van der Waals surface area contributed by atoms with Gasteiger partial charge in [-0.2, -0.15) is 0 Å². The number of hydrogen-bond acceptors (Lipinski definition) is 5. The summed E-state index contributed by atoms with van der Waals surface area (Å²) in [5.41, 5.74) is 2.48. The average Bonchev–Trinajstić information content (AvgIpc) is 2.97. The Morgan fingerprint density at radius 2 is 2.00 bits per heavy atom. The van der Waals surface area contributed by atoms with Crippen LogP contribution in [0.4, 0.5) is 9.59 Å². The maximum atomic E-state index is 12.1. The lowest BCUT2D eigenvalue weighted by atomic mass is 10.1. The van der Waals surface area contributed by atoms with Gasteiger partial charge in [0.2, 0.25) is 0 Å². The van der Waals surface area contributed by atoms with Crippen molar-refractivity contribution in [2.45, 2.75) is 39.7 Å². The minimum atomic E-state index is -0.664. The summed E-state index contributed by atoms with van der Waals surface area (Å²) in [5.74, 6) is 0. The molecule has 0 saturated heterocycles. The topological polar surface area (TPSA) is 67.9 Å². The Kier molecular flexibility index (Phi) is 7.60. The Balaban J connectivity index is 2.94. The van der Waals surface area contributed by atoms with Crippen LogP contribution in [0, 0.1) is 0 Å². The molecule has 0 radical (unpaired) electrons. The number of carbonyl (C=O) groups is 2. The van der Waals surface area contributed by atoms with Gasteiger partial charge in [0, 0.05) is 4.88 Å². The number of nitrogens with one attached hydrogen (secondary N) is 1. The quantitative estimate of drug-likeness (QED) is 0.813. The van der Waals surface area contributed by atoms with Crippen LogP contribution in [0.15, 0.2) is 17.5 Å². The molecule has 2 amide bonds. The Morgan fingerprint density at radius 1 is 1.29 bits per heavy atom. The summed E-state index contributed by atoms with van der Waals surface area (Å²) in [7, 11) is 0. The van der Waals surface area contributed by atoms with Gasteiger partial charge in [-0.1, -0.05) is 19.4 Å². The van der Waals surface area contributed by atoms with E-state index in [9.17, 15) is 9.59 Å². The maximum absolute atomic E-state index is 12.1. The maximum Gasteiger partial charge on any atom is 0.429 e. The smallest absolute Gasteiger partial charge is 0.429 e. The molecule has 1 aromatic heterocycles. The van der Waals surface area contributed by atoms with Crippen molar-refractivity contribution in [2.24, 2.45) is 0 Å². The van der Waals surface area contributed by atoms with Gasteiger partial charge in [-0.25, -0.2) is 20.0 Å². The number of carbonyl (C=O) groups excluding carboxylic acids is 2. The van der Waals surface area contributed by atoms with E-state index in [1.807, 2.05) is 24.4 Å². The Hall–Kier alpha value is -1.76. The number of amides is 2. The van der Waals surface area contributed by atoms with E-state index in [4.69, 9.17) is 9.47 Å². The molecular weight excluding hydrogens is 292 g/mol. The molecule has 6 nitrogen and oxygen atoms in total. The third kappa shape index (κ3) is 5.26. The minimum Gasteiger partial charge on any atom is -0.449 e. The number of hydrogen-bond donors (Lipinski definition) is 1. The minimum absolute atomic E-state index is 0.236. The Bertz CT molecular complexity index is 436. The van der Waals surface area contributed by atoms with Crippen LogP contribution in [-0.2, 0) is 9.47 Å². The molecule has 0 fully saturated rings. The van der Waals surface area contributed by atoms with Crippen molar-refractivity contribution in [3.63, 3.8) is 0 Å². The second-order valence-electron chi connectivity index (χ2n) is 4.22. The van der Waals surface area contributed by atoms with E-state index in [1.165, 1.54) is 16.3 Å². The van der Waals surface area contributed by atoms with Crippen LogP contribution in [-0.4, -0.2) is 30.4 Å². The van der Waals surface area contributed by atoms with E-state index in [0.29, 0.717) is 6.42 Å². The van der Waals surface area contributed by atoms with Crippen molar-refractivity contribution >= 4 is 23.5 Å². The van der Waals surface area contributed by atoms with Gasteiger partial charge in [-0.15, -0.1) is 11.3 Å². The lowest BCUT2D eigenvalue weighted by molar-refractivity contribution is 0.0532. The van der Waals surface area contributed by atoms with Gasteiger partial charge in [0.1, 0.15) is 0 Å². The lowest BCUT2D eigenvalue weighted by Crippen LogP contribution is -2.48. The Labute approximate surface area is 129 Å². The zero-order valence-corrected chi connectivity index (χ0v) is 13.4. The summed E-state index contributed by atoms with van der Waals surface area (Å²) in [6.07, 6.45) is 0.329. The van der Waals surface area contributed by atoms with E-state index in [0.717, 1.165) is 11.3 Å². The highest BCUT2D eigenvalue weighted by Crippen LogP contribution is 2.28. The highest BCUT2D eigenvalue weighted by Gasteiger charge is 2.28. The summed E-state index contributed by atoms with van der Waals surface area (Å²) < 4.78 is 9.88. The number of thiophene rings is 1. The van der Waals surface area contributed by atoms with E-state index < -0.39 is 12.2 Å². The first-order valence-corrected chi connectivity index (χ1v) is 7.94. The molecule has 0 spiro atoms. The van der Waals surface area contributed by atoms with Gasteiger partial charge in [0.25, 0.3) is 0 Å². The second kappa shape index (κ2) is 9.23. The Morgan fingerprint density at radius 3 is 2.52 bits per heavy atom. The van der Waals surface area contributed by atoms with Crippen LogP contribution in [0.25, 0.3) is 0 Å². The highest BCUT2D eigenvalue weighted by atomic mass is 32.1. The molecule has 1 N–H and O–H groups in total. The number of rotatable bonds is 6. The van der Waals surface area contributed by atoms with Gasteiger partial charge >= 0.3 is 12.2 Å². The fourth-order valence-corrected chi connectivity index (χ4v) is 2.71. The van der Waals surface area contributed by atoms with Crippen LogP contribution in [0.1, 0.15) is 44.5 Å². The monoisotopic (exact) mass is 314 g/mol. The van der Waals surface area contributed by atoms with Crippen molar-refractivity contribution in [2.75, 3.05) is 13.2 Å². The van der Waals surface area contributed by atoms with E-state index >= 15 is 0 Å². The van der Waals surface area contributed by atoms with Crippen LogP contribution in [0.2, 0.25) is 0 Å². The molecule has 0 aliphatic heterocycles. The lowest BCUT2D eigenvalue weighted by Gasteiger charge is -2.29. The van der Waals surface area contributed by atoms with Crippen LogP contribution in [0.5, 0.6) is 0 Å². The third-order valence-electron chi connectivity index (χ3n) is 2.70. The summed E-state index contributed by atoms with van der Waals surface area (Å²) in [6, 6.07) is 3.58. The van der Waals surface area contributed by atoms with Gasteiger partial charge in [-0.05, 0) is 31.7 Å². The highest BCUT2D eigenvalue weighted by molar-refractivity contribution is 7.10. The van der Waals surface area contributed by atoms with Crippen LogP contribution < -0.4 is 5.43 Å². The molecule has 118 valence electrons. The molecule has 1 aromatic rings. The standard InChI is InChI=1S/C14H22N2O4S/c1-4-8-11(12-9-7-10-21-12)16(14(18)20-6-3)15-13(17)19-5-2/h7,9-11H,4-6,8H2,1-3H3,(H,15,17). The summed E-state index contributed by atoms with van der Waals surface area (Å²) >= 11 is 1.53. The van der Waals surface area contributed by atoms with Gasteiger partial charge < -0.3 is 9.47 Å². The molecule has 7 heteroatoms. The largest absolute Gasteiger partial charge is 0.449 e. The molecule has 1 unspecified atom stereocenters. The predicted molar refractivity (Wildman–Crippen MR) is 81.0 cm³/mol. The molecule has 0 aromatic carbocycles. The second-order valence-corrected chi connectivity index (χ2v) is 5.20. The van der Waals surface area contributed by atoms with Crippen molar-refractivity contribution in [1.29, 1.82) is 0 Å². The molecule has 21 heavy (non-hydrogen) atoms. The van der Waals surface area contributed by atoms with E-state index in [-0.39, 0.29) is 19.3 Å². The SMILES string of the molecule is CCCC(c1cccs1)N(NC(=O)OCC)C(=O)OCC. The molecular formula is C14H22N2O4S. The predicted octanol–water partition coefficient (Wildman–Crippen LogP) is 3.71. The first-order chi connectivity index (χ1) is 10.1. The average molecular weight is 314 g/mol. The van der Waals surface area contributed by atoms with Gasteiger partial charge in [-0.3, -0.25) is 0 Å². The normalized spacial score (nSPS) is 11.6. The number of nitrogens with zero attached hydrogens (tertiary/aromatic N) is 1. The molecule has 0 aliphatic rings.